The van der Waals surface area contributed by atoms with Gasteiger partial charge in [-0.1, -0.05) is 37.3 Å². The van der Waals surface area contributed by atoms with Crippen molar-refractivity contribution in [2.24, 2.45) is 0 Å². The van der Waals surface area contributed by atoms with Gasteiger partial charge in [0.15, 0.2) is 5.78 Å². The topological polar surface area (TPSA) is 64.8 Å². The molecule has 146 valence electrons. The average molecular weight is 407 g/mol. The minimum atomic E-state index is -1.22. The van der Waals surface area contributed by atoms with Crippen LogP contribution < -0.4 is 0 Å². The highest BCUT2D eigenvalue weighted by Crippen LogP contribution is 2.28. The minimum absolute atomic E-state index is 0.0228. The third-order valence-electron chi connectivity index (χ3n) is 4.76. The van der Waals surface area contributed by atoms with Crippen LogP contribution in [0.4, 0.5) is 4.39 Å². The fourth-order valence-corrected chi connectivity index (χ4v) is 3.98. The summed E-state index contributed by atoms with van der Waals surface area (Å²) in [6, 6.07) is 11.8. The lowest BCUT2D eigenvalue weighted by molar-refractivity contribution is 0.0988. The molecule has 0 spiro atoms. The number of carbonyl (C=O) groups is 1. The first-order valence-electron chi connectivity index (χ1n) is 9.08. The normalized spacial score (nSPS) is 12.2. The number of rotatable bonds is 5. The zero-order chi connectivity index (χ0) is 20.5. The van der Waals surface area contributed by atoms with Gasteiger partial charge in [-0.05, 0) is 12.1 Å². The predicted octanol–water partition coefficient (Wildman–Crippen LogP) is 4.56. The van der Waals surface area contributed by atoms with E-state index in [-0.39, 0.29) is 11.6 Å². The van der Waals surface area contributed by atoms with Crippen LogP contribution in [0.2, 0.25) is 0 Å². The Kier molecular flexibility index (Phi) is 5.07. The Balaban J connectivity index is 1.85. The molecule has 0 fully saturated rings. The fraction of sp³-hybridized carbons (Fsp3) is 0.136. The monoisotopic (exact) mass is 407 g/mol. The van der Waals surface area contributed by atoms with Crippen LogP contribution in [0.15, 0.2) is 66.0 Å². The van der Waals surface area contributed by atoms with Crippen molar-refractivity contribution >= 4 is 27.5 Å². The van der Waals surface area contributed by atoms with Gasteiger partial charge >= 0.3 is 0 Å². The largest absolute Gasteiger partial charge is 0.294 e. The first-order valence-corrected chi connectivity index (χ1v) is 10.6. The number of hydrogen-bond acceptors (Lipinski definition) is 4. The molecule has 0 saturated heterocycles. The maximum absolute atomic E-state index is 14.0. The number of ketones is 1. The van der Waals surface area contributed by atoms with Gasteiger partial charge in [0.1, 0.15) is 5.82 Å². The van der Waals surface area contributed by atoms with Crippen molar-refractivity contribution in [3.63, 3.8) is 0 Å². The van der Waals surface area contributed by atoms with E-state index < -0.39 is 10.8 Å². The van der Waals surface area contributed by atoms with Gasteiger partial charge in [-0.2, -0.15) is 0 Å². The first kappa shape index (κ1) is 19.1. The maximum atomic E-state index is 14.0. The Morgan fingerprint density at radius 3 is 2.52 bits per heavy atom. The van der Waals surface area contributed by atoms with E-state index in [1.807, 2.05) is 6.92 Å². The van der Waals surface area contributed by atoms with Crippen molar-refractivity contribution in [2.75, 3.05) is 6.26 Å². The SMILES string of the molecule is CCC(=O)c1ccc2c(S(C)=O)cn(-c3ncc(-c4ccccc4F)cn3)c2c1. The van der Waals surface area contributed by atoms with Crippen LogP contribution in [-0.4, -0.2) is 30.8 Å². The van der Waals surface area contributed by atoms with Gasteiger partial charge in [0.2, 0.25) is 5.95 Å². The maximum Gasteiger partial charge on any atom is 0.234 e. The molecule has 2 aromatic carbocycles. The van der Waals surface area contributed by atoms with Crippen molar-refractivity contribution in [1.82, 2.24) is 14.5 Å². The number of Topliss-reactive ketones (excluding diaryl/α,β-unsaturated/α-hetero) is 1. The van der Waals surface area contributed by atoms with Gasteiger partial charge in [-0.25, -0.2) is 14.4 Å². The fourth-order valence-electron chi connectivity index (χ4n) is 3.25. The zero-order valence-corrected chi connectivity index (χ0v) is 16.7. The average Bonchev–Trinajstić information content (AvgIpc) is 3.13. The molecular formula is C22H18FN3O2S. The summed E-state index contributed by atoms with van der Waals surface area (Å²) in [5.41, 5.74) is 2.26. The molecule has 1 atom stereocenters. The molecule has 29 heavy (non-hydrogen) atoms. The number of hydrogen-bond donors (Lipinski definition) is 0. The summed E-state index contributed by atoms with van der Waals surface area (Å²) < 4.78 is 27.9. The smallest absolute Gasteiger partial charge is 0.234 e. The second-order valence-corrected chi connectivity index (χ2v) is 7.93. The van der Waals surface area contributed by atoms with Crippen LogP contribution in [0, 0.1) is 5.82 Å². The molecule has 4 rings (SSSR count). The summed E-state index contributed by atoms with van der Waals surface area (Å²) in [7, 11) is -1.22. The van der Waals surface area contributed by atoms with Gasteiger partial charge in [-0.3, -0.25) is 13.6 Å². The van der Waals surface area contributed by atoms with Crippen LogP contribution in [-0.2, 0) is 10.8 Å². The highest BCUT2D eigenvalue weighted by Gasteiger charge is 2.16. The van der Waals surface area contributed by atoms with E-state index in [4.69, 9.17) is 0 Å². The molecule has 2 heterocycles. The lowest BCUT2D eigenvalue weighted by atomic mass is 10.1. The Bertz CT molecular complexity index is 1250. The van der Waals surface area contributed by atoms with E-state index in [9.17, 15) is 13.4 Å². The molecule has 0 bridgehead atoms. The Labute approximate surface area is 169 Å². The molecule has 0 aliphatic rings. The van der Waals surface area contributed by atoms with Gasteiger partial charge in [0, 0.05) is 53.3 Å². The molecule has 0 aliphatic carbocycles. The zero-order valence-electron chi connectivity index (χ0n) is 15.9. The highest BCUT2D eigenvalue weighted by atomic mass is 32.2. The third kappa shape index (κ3) is 3.49. The molecule has 2 aromatic heterocycles. The minimum Gasteiger partial charge on any atom is -0.294 e. The Hall–Kier alpha value is -3.19. The van der Waals surface area contributed by atoms with E-state index in [1.165, 1.54) is 6.07 Å². The van der Waals surface area contributed by atoms with Crippen LogP contribution in [0.25, 0.3) is 28.0 Å². The summed E-state index contributed by atoms with van der Waals surface area (Å²) in [4.78, 5) is 21.5. The highest BCUT2D eigenvalue weighted by molar-refractivity contribution is 7.84. The van der Waals surface area contributed by atoms with Crippen molar-refractivity contribution in [1.29, 1.82) is 0 Å². The molecule has 4 aromatic rings. The number of fused-ring (bicyclic) bond motifs is 1. The second-order valence-electron chi connectivity index (χ2n) is 6.58. The standard InChI is InChI=1S/C22H18FN3O2S/c1-3-20(27)14-8-9-17-19(10-14)26(13-21(17)29(2)28)22-24-11-15(12-25-22)16-6-4-5-7-18(16)23/h4-13H,3H2,1-2H3. The van der Waals surface area contributed by atoms with Gasteiger partial charge in [-0.15, -0.1) is 0 Å². The molecule has 0 N–H and O–H groups in total. The number of nitrogens with zero attached hydrogens (tertiary/aromatic N) is 3. The van der Waals surface area contributed by atoms with Crippen LogP contribution in [0.3, 0.4) is 0 Å². The van der Waals surface area contributed by atoms with Crippen molar-refractivity contribution in [3.05, 3.63) is 72.4 Å². The van der Waals surface area contributed by atoms with Gasteiger partial charge in [0.25, 0.3) is 0 Å². The summed E-state index contributed by atoms with van der Waals surface area (Å²) in [5.74, 6) is 0.0316. The quantitative estimate of drug-likeness (QED) is 0.455. The molecule has 0 radical (unpaired) electrons. The Morgan fingerprint density at radius 2 is 1.86 bits per heavy atom. The first-order chi connectivity index (χ1) is 14.0. The van der Waals surface area contributed by atoms with Gasteiger partial charge < -0.3 is 0 Å². The van der Waals surface area contributed by atoms with E-state index in [1.54, 1.807) is 65.8 Å². The van der Waals surface area contributed by atoms with E-state index in [2.05, 4.69) is 9.97 Å². The van der Waals surface area contributed by atoms with Crippen molar-refractivity contribution < 1.29 is 13.4 Å². The molecule has 0 aliphatic heterocycles. The summed E-state index contributed by atoms with van der Waals surface area (Å²) in [6.07, 6.45) is 6.82. The molecule has 7 heteroatoms. The van der Waals surface area contributed by atoms with E-state index in [0.717, 1.165) is 5.39 Å². The summed E-state index contributed by atoms with van der Waals surface area (Å²) in [6.45, 7) is 1.81. The molecular weight excluding hydrogens is 389 g/mol. The predicted molar refractivity (Wildman–Crippen MR) is 111 cm³/mol. The molecule has 0 amide bonds. The van der Waals surface area contributed by atoms with Crippen molar-refractivity contribution in [2.45, 2.75) is 18.2 Å². The van der Waals surface area contributed by atoms with Crippen LogP contribution in [0.1, 0.15) is 23.7 Å². The number of benzene rings is 2. The molecule has 1 unspecified atom stereocenters. The second kappa shape index (κ2) is 7.67. The summed E-state index contributed by atoms with van der Waals surface area (Å²) >= 11 is 0. The molecule has 0 saturated carbocycles. The lowest BCUT2D eigenvalue weighted by Crippen LogP contribution is -2.01. The lowest BCUT2D eigenvalue weighted by Gasteiger charge is -2.07. The molecule has 5 nitrogen and oxygen atoms in total. The van der Waals surface area contributed by atoms with Crippen molar-refractivity contribution in [3.8, 4) is 17.1 Å². The van der Waals surface area contributed by atoms with Gasteiger partial charge in [0.05, 0.1) is 21.2 Å². The summed E-state index contributed by atoms with van der Waals surface area (Å²) in [5, 5.41) is 0.778. The Morgan fingerprint density at radius 1 is 1.14 bits per heavy atom. The van der Waals surface area contributed by atoms with Crippen LogP contribution in [0.5, 0.6) is 0 Å². The van der Waals surface area contributed by atoms with E-state index >= 15 is 0 Å². The number of carbonyl (C=O) groups excluding carboxylic acids is 1. The number of halogens is 1. The van der Waals surface area contributed by atoms with Crippen LogP contribution >= 0.6 is 0 Å². The number of aromatic nitrogens is 3. The van der Waals surface area contributed by atoms with E-state index in [0.29, 0.717) is 39.5 Å². The third-order valence-corrected chi connectivity index (χ3v) is 5.71.